The summed E-state index contributed by atoms with van der Waals surface area (Å²) < 4.78 is 0.447. The van der Waals surface area contributed by atoms with Gasteiger partial charge in [0.15, 0.2) is 6.29 Å². The van der Waals surface area contributed by atoms with Crippen molar-refractivity contribution in [2.24, 2.45) is 0 Å². The average molecular weight is 134 g/mol. The predicted octanol–water partition coefficient (Wildman–Crippen LogP) is 1.27. The fraction of sp³-hybridized carbons (Fsp3) is 0.500. The van der Waals surface area contributed by atoms with Gasteiger partial charge in [-0.15, -0.1) is 11.8 Å². The van der Waals surface area contributed by atoms with Gasteiger partial charge in [-0.05, 0) is 5.75 Å². The zero-order chi connectivity index (χ0) is 5.70. The summed E-state index contributed by atoms with van der Waals surface area (Å²) in [6.45, 7) is 1.96. The lowest BCUT2D eigenvalue weighted by Gasteiger charge is -1.83. The minimum absolute atomic E-state index is 0.447. The summed E-state index contributed by atoms with van der Waals surface area (Å²) in [5.74, 6) is 0.886. The molecule has 0 atom stereocenters. The highest BCUT2D eigenvalue weighted by Gasteiger charge is 1.87. The van der Waals surface area contributed by atoms with Gasteiger partial charge in [0, 0.05) is 0 Å². The first kappa shape index (κ1) is 7.11. The Labute approximate surface area is 52.5 Å². The molecule has 0 saturated heterocycles. The Balaban J connectivity index is 3.17. The first-order valence-electron chi connectivity index (χ1n) is 1.93. The topological polar surface area (TPSA) is 17.1 Å². The Morgan fingerprint density at radius 3 is 2.71 bits per heavy atom. The van der Waals surface area contributed by atoms with E-state index in [1.165, 1.54) is 11.8 Å². The molecule has 0 aromatic heterocycles. The normalized spacial score (nSPS) is 8.14. The van der Waals surface area contributed by atoms with Crippen LogP contribution in [0.1, 0.15) is 6.92 Å². The van der Waals surface area contributed by atoms with Gasteiger partial charge in [0.1, 0.15) is 4.20 Å². The maximum absolute atomic E-state index is 9.73. The molecule has 0 aromatic rings. The van der Waals surface area contributed by atoms with Gasteiger partial charge in [-0.3, -0.25) is 4.79 Å². The Morgan fingerprint density at radius 2 is 2.57 bits per heavy atom. The summed E-state index contributed by atoms with van der Waals surface area (Å²) in [6, 6.07) is 0. The third-order valence-corrected chi connectivity index (χ3v) is 1.50. The zero-order valence-electron chi connectivity index (χ0n) is 4.01. The maximum atomic E-state index is 9.73. The van der Waals surface area contributed by atoms with Gasteiger partial charge in [0.05, 0.1) is 0 Å². The van der Waals surface area contributed by atoms with Crippen LogP contribution in [0.15, 0.2) is 0 Å². The molecule has 0 unspecified atom stereocenters. The van der Waals surface area contributed by atoms with Crippen LogP contribution in [0.4, 0.5) is 0 Å². The van der Waals surface area contributed by atoms with E-state index in [1.54, 1.807) is 0 Å². The molecule has 0 aliphatic carbocycles. The summed E-state index contributed by atoms with van der Waals surface area (Å²) >= 11 is 5.94. The van der Waals surface area contributed by atoms with Gasteiger partial charge in [-0.2, -0.15) is 0 Å². The van der Waals surface area contributed by atoms with Crippen molar-refractivity contribution in [2.75, 3.05) is 5.75 Å². The molecular weight excluding hydrogens is 128 g/mol. The molecule has 0 aliphatic heterocycles. The number of thioether (sulfide) groups is 1. The van der Waals surface area contributed by atoms with Crippen molar-refractivity contribution in [3.8, 4) is 0 Å². The first-order chi connectivity index (χ1) is 3.31. The maximum Gasteiger partial charge on any atom is 0.167 e. The summed E-state index contributed by atoms with van der Waals surface area (Å²) in [7, 11) is 0. The molecule has 0 bridgehead atoms. The molecule has 7 heavy (non-hydrogen) atoms. The van der Waals surface area contributed by atoms with Gasteiger partial charge in [-0.1, -0.05) is 19.1 Å². The van der Waals surface area contributed by atoms with Gasteiger partial charge >= 0.3 is 0 Å². The second-order valence-corrected chi connectivity index (χ2v) is 2.87. The van der Waals surface area contributed by atoms with E-state index in [9.17, 15) is 4.79 Å². The van der Waals surface area contributed by atoms with Crippen LogP contribution in [0.2, 0.25) is 0 Å². The van der Waals surface area contributed by atoms with E-state index < -0.39 is 0 Å². The highest BCUT2D eigenvalue weighted by Crippen LogP contribution is 1.98. The predicted molar refractivity (Wildman–Crippen MR) is 36.8 cm³/mol. The highest BCUT2D eigenvalue weighted by atomic mass is 32.2. The largest absolute Gasteiger partial charge is 0.296 e. The summed E-state index contributed by atoms with van der Waals surface area (Å²) in [4.78, 5) is 9.73. The SMILES string of the molecule is CCSC(=S)C=O. The molecule has 0 fully saturated rings. The Kier molecular flexibility index (Phi) is 4.34. The van der Waals surface area contributed by atoms with E-state index in [-0.39, 0.29) is 0 Å². The molecule has 0 aliphatic rings. The van der Waals surface area contributed by atoms with Crippen LogP contribution in [0.25, 0.3) is 0 Å². The number of carbonyl (C=O) groups is 1. The molecule has 3 heteroatoms. The van der Waals surface area contributed by atoms with Crippen LogP contribution < -0.4 is 0 Å². The zero-order valence-corrected chi connectivity index (χ0v) is 5.64. The van der Waals surface area contributed by atoms with Crippen LogP contribution in [-0.4, -0.2) is 16.2 Å². The fourth-order valence-electron chi connectivity index (χ4n) is 0.176. The number of carbonyl (C=O) groups excluding carboxylic acids is 1. The average Bonchev–Trinajstić information content (AvgIpc) is 1.68. The van der Waals surface area contributed by atoms with Crippen molar-refractivity contribution in [3.63, 3.8) is 0 Å². The lowest BCUT2D eigenvalue weighted by Crippen LogP contribution is -1.86. The number of rotatable bonds is 2. The quantitative estimate of drug-likeness (QED) is 0.418. The van der Waals surface area contributed by atoms with Crippen LogP contribution in [0.5, 0.6) is 0 Å². The molecule has 1 nitrogen and oxygen atoms in total. The van der Waals surface area contributed by atoms with Gasteiger partial charge in [-0.25, -0.2) is 0 Å². The molecule has 0 heterocycles. The standard InChI is InChI=1S/C4H6OS2/c1-2-7-4(6)3-5/h3H,2H2,1H3. The number of hydrogen-bond acceptors (Lipinski definition) is 3. The lowest BCUT2D eigenvalue weighted by atomic mass is 10.9. The third kappa shape index (κ3) is 3.95. The number of aldehydes is 1. The van der Waals surface area contributed by atoms with Crippen molar-refractivity contribution >= 4 is 34.5 Å². The second kappa shape index (κ2) is 4.27. The van der Waals surface area contributed by atoms with E-state index in [1.807, 2.05) is 6.92 Å². The highest BCUT2D eigenvalue weighted by molar-refractivity contribution is 8.24. The molecule has 0 amide bonds. The summed E-state index contributed by atoms with van der Waals surface area (Å²) in [6.07, 6.45) is 0.698. The first-order valence-corrected chi connectivity index (χ1v) is 3.32. The van der Waals surface area contributed by atoms with E-state index in [0.29, 0.717) is 10.5 Å². The van der Waals surface area contributed by atoms with E-state index in [0.717, 1.165) is 5.75 Å². The molecule has 0 radical (unpaired) electrons. The lowest BCUT2D eigenvalue weighted by molar-refractivity contribution is -0.102. The van der Waals surface area contributed by atoms with Crippen molar-refractivity contribution in [3.05, 3.63) is 0 Å². The van der Waals surface area contributed by atoms with E-state index >= 15 is 0 Å². The minimum Gasteiger partial charge on any atom is -0.296 e. The van der Waals surface area contributed by atoms with Crippen molar-refractivity contribution in [1.82, 2.24) is 0 Å². The molecule has 40 valence electrons. The molecule has 0 spiro atoms. The molecule has 0 N–H and O–H groups in total. The Bertz CT molecular complexity index is 79.8. The van der Waals surface area contributed by atoms with E-state index in [2.05, 4.69) is 12.2 Å². The van der Waals surface area contributed by atoms with Crippen LogP contribution in [-0.2, 0) is 4.79 Å². The number of thiocarbonyl (C=S) groups is 1. The smallest absolute Gasteiger partial charge is 0.167 e. The molecule has 0 rings (SSSR count). The molecule has 0 aromatic carbocycles. The van der Waals surface area contributed by atoms with Crippen molar-refractivity contribution in [1.29, 1.82) is 0 Å². The van der Waals surface area contributed by atoms with Crippen LogP contribution >= 0.6 is 24.0 Å². The van der Waals surface area contributed by atoms with Gasteiger partial charge in [0.2, 0.25) is 0 Å². The third-order valence-electron chi connectivity index (χ3n) is 0.383. The van der Waals surface area contributed by atoms with Gasteiger partial charge < -0.3 is 0 Å². The Hall–Kier alpha value is 0.110. The molecular formula is C4H6OS2. The van der Waals surface area contributed by atoms with Crippen LogP contribution in [0.3, 0.4) is 0 Å². The monoisotopic (exact) mass is 134 g/mol. The van der Waals surface area contributed by atoms with Gasteiger partial charge in [0.25, 0.3) is 0 Å². The fourth-order valence-corrected chi connectivity index (χ4v) is 0.882. The minimum atomic E-state index is 0.447. The van der Waals surface area contributed by atoms with Crippen molar-refractivity contribution in [2.45, 2.75) is 6.92 Å². The van der Waals surface area contributed by atoms with E-state index in [4.69, 9.17) is 0 Å². The van der Waals surface area contributed by atoms with Crippen LogP contribution in [0, 0.1) is 0 Å². The summed E-state index contributed by atoms with van der Waals surface area (Å²) in [5.41, 5.74) is 0. The Morgan fingerprint density at radius 1 is 2.00 bits per heavy atom. The summed E-state index contributed by atoms with van der Waals surface area (Å²) in [5, 5.41) is 0. The van der Waals surface area contributed by atoms with Crippen molar-refractivity contribution < 1.29 is 4.79 Å². The second-order valence-electron chi connectivity index (χ2n) is 0.870. The number of hydrogen-bond donors (Lipinski definition) is 0. The molecule has 0 saturated carbocycles.